The third-order valence-corrected chi connectivity index (χ3v) is 7.86. The van der Waals surface area contributed by atoms with Gasteiger partial charge in [0.05, 0.1) is 11.4 Å². The monoisotopic (exact) mass is 436 g/mol. The van der Waals surface area contributed by atoms with Crippen LogP contribution < -0.4 is 5.32 Å². The normalized spacial score (nSPS) is 11.8. The fraction of sp³-hybridized carbons (Fsp3) is 0.278. The van der Waals surface area contributed by atoms with E-state index in [0.717, 1.165) is 31.6 Å². The van der Waals surface area contributed by atoms with E-state index < -0.39 is 15.9 Å². The molecule has 10 heteroatoms. The minimum Gasteiger partial charge on any atom is -0.299 e. The lowest BCUT2D eigenvalue weighted by Gasteiger charge is -2.16. The molecule has 0 fully saturated rings. The molecule has 0 aliphatic carbocycles. The number of anilines is 1. The number of benzene rings is 2. The molecule has 3 rings (SSSR count). The van der Waals surface area contributed by atoms with Crippen molar-refractivity contribution in [2.75, 3.05) is 24.7 Å². The van der Waals surface area contributed by atoms with Gasteiger partial charge in [0.25, 0.3) is 0 Å². The first-order valence-electron chi connectivity index (χ1n) is 8.61. The standard InChI is InChI=1S/C18H20N4O3S3/c1-3-10-26-18-21-20-17(27-18)19-16(23)12-22(2)28(24,25)15-9-8-13-6-4-5-7-14(13)11-15/h4-9,11H,3,10,12H2,1-2H3,(H,19,20,23). The minimum atomic E-state index is -3.79. The molecular formula is C18H20N4O3S3. The number of thioether (sulfide) groups is 1. The van der Waals surface area contributed by atoms with Crippen molar-refractivity contribution in [1.29, 1.82) is 0 Å². The summed E-state index contributed by atoms with van der Waals surface area (Å²) in [6, 6.07) is 12.4. The smallest absolute Gasteiger partial charge is 0.243 e. The molecule has 1 aromatic heterocycles. The molecule has 0 saturated carbocycles. The fourth-order valence-corrected chi connectivity index (χ4v) is 5.32. The molecule has 148 valence electrons. The van der Waals surface area contributed by atoms with Crippen LogP contribution in [-0.2, 0) is 14.8 Å². The number of sulfonamides is 1. The molecular weight excluding hydrogens is 416 g/mol. The summed E-state index contributed by atoms with van der Waals surface area (Å²) in [5.41, 5.74) is 0. The molecule has 1 amide bonds. The molecule has 0 aliphatic rings. The number of likely N-dealkylation sites (N-methyl/N-ethyl adjacent to an activating group) is 1. The molecule has 0 bridgehead atoms. The number of rotatable bonds is 8. The summed E-state index contributed by atoms with van der Waals surface area (Å²) in [6.07, 6.45) is 1.02. The van der Waals surface area contributed by atoms with Gasteiger partial charge < -0.3 is 0 Å². The lowest BCUT2D eigenvalue weighted by molar-refractivity contribution is -0.116. The highest BCUT2D eigenvalue weighted by molar-refractivity contribution is 8.01. The number of fused-ring (bicyclic) bond motifs is 1. The Morgan fingerprint density at radius 3 is 2.68 bits per heavy atom. The van der Waals surface area contributed by atoms with E-state index >= 15 is 0 Å². The fourth-order valence-electron chi connectivity index (χ4n) is 2.46. The van der Waals surface area contributed by atoms with Crippen molar-refractivity contribution in [1.82, 2.24) is 14.5 Å². The summed E-state index contributed by atoms with van der Waals surface area (Å²) < 4.78 is 27.4. The van der Waals surface area contributed by atoms with Gasteiger partial charge in [0.15, 0.2) is 4.34 Å². The number of nitrogens with one attached hydrogen (secondary N) is 1. The molecule has 0 saturated heterocycles. The molecule has 7 nitrogen and oxygen atoms in total. The molecule has 2 aromatic carbocycles. The molecule has 1 N–H and O–H groups in total. The van der Waals surface area contributed by atoms with Crippen LogP contribution in [0, 0.1) is 0 Å². The number of nitrogens with zero attached hydrogens (tertiary/aromatic N) is 3. The summed E-state index contributed by atoms with van der Waals surface area (Å²) in [5.74, 6) is 0.463. The van der Waals surface area contributed by atoms with E-state index in [1.165, 1.54) is 18.4 Å². The van der Waals surface area contributed by atoms with Crippen molar-refractivity contribution in [3.8, 4) is 0 Å². The van der Waals surface area contributed by atoms with E-state index in [9.17, 15) is 13.2 Å². The maximum atomic E-state index is 12.8. The first kappa shape index (κ1) is 20.7. The van der Waals surface area contributed by atoms with E-state index in [0.29, 0.717) is 5.13 Å². The van der Waals surface area contributed by atoms with Crippen molar-refractivity contribution in [3.05, 3.63) is 42.5 Å². The van der Waals surface area contributed by atoms with Crippen LogP contribution in [0.25, 0.3) is 10.8 Å². The Morgan fingerprint density at radius 2 is 1.93 bits per heavy atom. The number of amides is 1. The Kier molecular flexibility index (Phi) is 6.65. The first-order valence-corrected chi connectivity index (χ1v) is 11.9. The maximum Gasteiger partial charge on any atom is 0.243 e. The molecule has 28 heavy (non-hydrogen) atoms. The number of hydrogen-bond donors (Lipinski definition) is 1. The second-order valence-electron chi connectivity index (χ2n) is 6.04. The maximum absolute atomic E-state index is 12.8. The largest absolute Gasteiger partial charge is 0.299 e. The van der Waals surface area contributed by atoms with Crippen molar-refractivity contribution >= 4 is 54.9 Å². The predicted molar refractivity (Wildman–Crippen MR) is 113 cm³/mol. The van der Waals surface area contributed by atoms with E-state index in [-0.39, 0.29) is 11.4 Å². The summed E-state index contributed by atoms with van der Waals surface area (Å²) in [6.45, 7) is 1.76. The van der Waals surface area contributed by atoms with Gasteiger partial charge in [0, 0.05) is 12.8 Å². The summed E-state index contributed by atoms with van der Waals surface area (Å²) in [7, 11) is -2.41. The summed E-state index contributed by atoms with van der Waals surface area (Å²) in [4.78, 5) is 12.4. The van der Waals surface area contributed by atoms with Crippen LogP contribution in [0.5, 0.6) is 0 Å². The van der Waals surface area contributed by atoms with E-state index in [1.54, 1.807) is 30.0 Å². The van der Waals surface area contributed by atoms with Gasteiger partial charge in [-0.15, -0.1) is 10.2 Å². The second kappa shape index (κ2) is 8.99. The quantitative estimate of drug-likeness (QED) is 0.429. The Morgan fingerprint density at radius 1 is 1.18 bits per heavy atom. The van der Waals surface area contributed by atoms with Crippen molar-refractivity contribution < 1.29 is 13.2 Å². The average Bonchev–Trinajstić information content (AvgIpc) is 3.12. The summed E-state index contributed by atoms with van der Waals surface area (Å²) in [5, 5.41) is 12.7. The SMILES string of the molecule is CCCSc1nnc(NC(=O)CN(C)S(=O)(=O)c2ccc3ccccc3c2)s1. The highest BCUT2D eigenvalue weighted by Crippen LogP contribution is 2.26. The van der Waals surface area contributed by atoms with Gasteiger partial charge in [-0.05, 0) is 29.3 Å². The molecule has 1 heterocycles. The third kappa shape index (κ3) is 4.88. The molecule has 0 unspecified atom stereocenters. The predicted octanol–water partition coefficient (Wildman–Crippen LogP) is 3.45. The van der Waals surface area contributed by atoms with Gasteiger partial charge in [-0.25, -0.2) is 8.42 Å². The van der Waals surface area contributed by atoms with Gasteiger partial charge in [-0.3, -0.25) is 10.1 Å². The second-order valence-corrected chi connectivity index (χ2v) is 10.4. The number of carbonyl (C=O) groups is 1. The van der Waals surface area contributed by atoms with Crippen molar-refractivity contribution in [2.45, 2.75) is 22.6 Å². The van der Waals surface area contributed by atoms with Crippen LogP contribution in [0.2, 0.25) is 0 Å². The number of hydrogen-bond acceptors (Lipinski definition) is 7. The number of carbonyl (C=O) groups excluding carboxylic acids is 1. The molecule has 0 atom stereocenters. The zero-order chi connectivity index (χ0) is 20.1. The lowest BCUT2D eigenvalue weighted by Crippen LogP contribution is -2.34. The Bertz CT molecular complexity index is 1080. The van der Waals surface area contributed by atoms with Crippen LogP contribution in [0.3, 0.4) is 0 Å². The third-order valence-electron chi connectivity index (χ3n) is 3.88. The van der Waals surface area contributed by atoms with Crippen LogP contribution in [0.15, 0.2) is 51.7 Å². The molecule has 0 spiro atoms. The van der Waals surface area contributed by atoms with E-state index in [1.807, 2.05) is 24.3 Å². The summed E-state index contributed by atoms with van der Waals surface area (Å²) >= 11 is 2.85. The van der Waals surface area contributed by atoms with Gasteiger partial charge in [0.2, 0.25) is 21.1 Å². The van der Waals surface area contributed by atoms with Crippen LogP contribution in [0.1, 0.15) is 13.3 Å². The van der Waals surface area contributed by atoms with Gasteiger partial charge >= 0.3 is 0 Å². The Labute approximate surface area is 172 Å². The van der Waals surface area contributed by atoms with E-state index in [4.69, 9.17) is 0 Å². The van der Waals surface area contributed by atoms with Crippen molar-refractivity contribution in [2.24, 2.45) is 0 Å². The van der Waals surface area contributed by atoms with Crippen LogP contribution >= 0.6 is 23.1 Å². The van der Waals surface area contributed by atoms with Gasteiger partial charge in [0.1, 0.15) is 0 Å². The average molecular weight is 437 g/mol. The zero-order valence-electron chi connectivity index (χ0n) is 15.5. The first-order chi connectivity index (χ1) is 13.4. The molecule has 0 aliphatic heterocycles. The Balaban J connectivity index is 1.67. The van der Waals surface area contributed by atoms with E-state index in [2.05, 4.69) is 22.4 Å². The lowest BCUT2D eigenvalue weighted by atomic mass is 10.1. The van der Waals surface area contributed by atoms with Gasteiger partial charge in [-0.2, -0.15) is 4.31 Å². The number of aromatic nitrogens is 2. The van der Waals surface area contributed by atoms with Gasteiger partial charge in [-0.1, -0.05) is 60.4 Å². The highest BCUT2D eigenvalue weighted by atomic mass is 32.2. The van der Waals surface area contributed by atoms with Crippen LogP contribution in [0.4, 0.5) is 5.13 Å². The Hall–Kier alpha value is -2.01. The molecule has 0 radical (unpaired) electrons. The minimum absolute atomic E-state index is 0.149. The zero-order valence-corrected chi connectivity index (χ0v) is 17.9. The topological polar surface area (TPSA) is 92.3 Å². The molecule has 3 aromatic rings. The highest BCUT2D eigenvalue weighted by Gasteiger charge is 2.23. The van der Waals surface area contributed by atoms with Crippen LogP contribution in [-0.4, -0.2) is 48.2 Å². The van der Waals surface area contributed by atoms with Crippen molar-refractivity contribution in [3.63, 3.8) is 0 Å².